The molecular weight excluding hydrogens is 240 g/mol. The fourth-order valence-electron chi connectivity index (χ4n) is 1.39. The maximum atomic E-state index is 11.4. The van der Waals surface area contributed by atoms with Gasteiger partial charge in [-0.05, 0) is 26.4 Å². The summed E-state index contributed by atoms with van der Waals surface area (Å²) in [6, 6.07) is -0.206. The van der Waals surface area contributed by atoms with Crippen LogP contribution in [0.1, 0.15) is 34.1 Å². The Labute approximate surface area is 111 Å². The van der Waals surface area contributed by atoms with Gasteiger partial charge in [-0.2, -0.15) is 0 Å². The van der Waals surface area contributed by atoms with Crippen molar-refractivity contribution in [2.75, 3.05) is 32.8 Å². The van der Waals surface area contributed by atoms with Crippen LogP contribution < -0.4 is 5.32 Å². The molecule has 1 atom stereocenters. The predicted octanol–water partition coefficient (Wildman–Crippen LogP) is 1.68. The van der Waals surface area contributed by atoms with Gasteiger partial charge in [-0.1, -0.05) is 20.8 Å². The second kappa shape index (κ2) is 12.1. The van der Waals surface area contributed by atoms with Gasteiger partial charge in [0.05, 0.1) is 6.61 Å². The van der Waals surface area contributed by atoms with Crippen LogP contribution in [0.3, 0.4) is 0 Å². The van der Waals surface area contributed by atoms with Crippen LogP contribution >= 0.6 is 12.4 Å². The van der Waals surface area contributed by atoms with E-state index in [2.05, 4.69) is 24.1 Å². The summed E-state index contributed by atoms with van der Waals surface area (Å²) in [5.74, 6) is -0.151. The van der Waals surface area contributed by atoms with E-state index in [1.54, 1.807) is 0 Å². The minimum absolute atomic E-state index is 0. The summed E-state index contributed by atoms with van der Waals surface area (Å²) in [5.41, 5.74) is 0. The summed E-state index contributed by atoms with van der Waals surface area (Å²) in [4.78, 5) is 13.7. The van der Waals surface area contributed by atoms with Crippen LogP contribution in [-0.2, 0) is 9.53 Å². The zero-order valence-electron chi connectivity index (χ0n) is 11.5. The van der Waals surface area contributed by atoms with Crippen LogP contribution in [0.5, 0.6) is 0 Å². The van der Waals surface area contributed by atoms with Crippen molar-refractivity contribution in [1.82, 2.24) is 10.2 Å². The number of carbonyl (C=O) groups is 1. The largest absolute Gasteiger partial charge is 0.465 e. The van der Waals surface area contributed by atoms with E-state index in [4.69, 9.17) is 4.74 Å². The van der Waals surface area contributed by atoms with E-state index < -0.39 is 0 Å². The van der Waals surface area contributed by atoms with Gasteiger partial charge in [0.25, 0.3) is 0 Å². The Kier molecular flexibility index (Phi) is 13.6. The molecule has 5 heteroatoms. The molecule has 4 nitrogen and oxygen atoms in total. The third kappa shape index (κ3) is 9.39. The SMILES string of the molecule is CCCOC(=O)C(C)NCCN(CC)CC.Cl. The number of ether oxygens (including phenoxy) is 1. The van der Waals surface area contributed by atoms with Crippen molar-refractivity contribution in [3.8, 4) is 0 Å². The molecule has 0 amide bonds. The number of rotatable bonds is 9. The third-order valence-corrected chi connectivity index (χ3v) is 2.57. The first kappa shape index (κ1) is 19.0. The van der Waals surface area contributed by atoms with E-state index in [0.717, 1.165) is 32.6 Å². The number of nitrogens with one attached hydrogen (secondary N) is 1. The zero-order chi connectivity index (χ0) is 12.4. The van der Waals surface area contributed by atoms with Crippen molar-refractivity contribution in [3.63, 3.8) is 0 Å². The second-order valence-electron chi connectivity index (χ2n) is 3.87. The Bertz CT molecular complexity index is 187. The lowest BCUT2D eigenvalue weighted by molar-refractivity contribution is -0.145. The van der Waals surface area contributed by atoms with Crippen LogP contribution in [0.2, 0.25) is 0 Å². The fraction of sp³-hybridized carbons (Fsp3) is 0.917. The molecule has 0 aromatic heterocycles. The van der Waals surface area contributed by atoms with Crippen molar-refractivity contribution in [2.45, 2.75) is 40.2 Å². The van der Waals surface area contributed by atoms with E-state index >= 15 is 0 Å². The van der Waals surface area contributed by atoms with E-state index in [9.17, 15) is 4.79 Å². The fourth-order valence-corrected chi connectivity index (χ4v) is 1.39. The predicted molar refractivity (Wildman–Crippen MR) is 73.8 cm³/mol. The Hall–Kier alpha value is -0.320. The molecule has 0 bridgehead atoms. The highest BCUT2D eigenvalue weighted by molar-refractivity contribution is 5.85. The van der Waals surface area contributed by atoms with Gasteiger partial charge in [0.2, 0.25) is 0 Å². The first-order valence-corrected chi connectivity index (χ1v) is 6.28. The summed E-state index contributed by atoms with van der Waals surface area (Å²) >= 11 is 0. The number of hydrogen-bond donors (Lipinski definition) is 1. The van der Waals surface area contributed by atoms with Crippen molar-refractivity contribution in [2.24, 2.45) is 0 Å². The molecule has 1 N–H and O–H groups in total. The molecule has 0 fully saturated rings. The Balaban J connectivity index is 0. The number of nitrogens with zero attached hydrogens (tertiary/aromatic N) is 1. The van der Waals surface area contributed by atoms with Crippen molar-refractivity contribution in [1.29, 1.82) is 0 Å². The van der Waals surface area contributed by atoms with Gasteiger partial charge in [-0.3, -0.25) is 4.79 Å². The molecule has 0 aliphatic rings. The molecule has 0 aromatic rings. The molecule has 0 saturated carbocycles. The summed E-state index contributed by atoms with van der Waals surface area (Å²) in [6.45, 7) is 12.5. The molecule has 0 radical (unpaired) electrons. The summed E-state index contributed by atoms with van der Waals surface area (Å²) in [5, 5.41) is 3.17. The quantitative estimate of drug-likeness (QED) is 0.645. The van der Waals surface area contributed by atoms with Crippen LogP contribution in [0.15, 0.2) is 0 Å². The number of hydrogen-bond acceptors (Lipinski definition) is 4. The van der Waals surface area contributed by atoms with E-state index in [-0.39, 0.29) is 24.4 Å². The van der Waals surface area contributed by atoms with Gasteiger partial charge < -0.3 is 15.0 Å². The summed E-state index contributed by atoms with van der Waals surface area (Å²) in [7, 11) is 0. The van der Waals surface area contributed by atoms with Crippen LogP contribution in [0, 0.1) is 0 Å². The van der Waals surface area contributed by atoms with Gasteiger partial charge in [0.1, 0.15) is 6.04 Å². The zero-order valence-corrected chi connectivity index (χ0v) is 12.3. The molecule has 0 aliphatic carbocycles. The highest BCUT2D eigenvalue weighted by Gasteiger charge is 2.12. The van der Waals surface area contributed by atoms with Crippen molar-refractivity contribution < 1.29 is 9.53 Å². The lowest BCUT2D eigenvalue weighted by atomic mass is 10.3. The van der Waals surface area contributed by atoms with Gasteiger partial charge >= 0.3 is 5.97 Å². The highest BCUT2D eigenvalue weighted by atomic mass is 35.5. The molecule has 17 heavy (non-hydrogen) atoms. The number of esters is 1. The molecule has 0 rings (SSSR count). The lowest BCUT2D eigenvalue weighted by Gasteiger charge is -2.19. The summed E-state index contributed by atoms with van der Waals surface area (Å²) < 4.78 is 5.05. The molecule has 1 unspecified atom stereocenters. The minimum Gasteiger partial charge on any atom is -0.465 e. The van der Waals surface area contributed by atoms with Gasteiger partial charge in [-0.25, -0.2) is 0 Å². The first-order chi connectivity index (χ1) is 7.65. The molecular formula is C12H27ClN2O2. The normalized spacial score (nSPS) is 12.1. The van der Waals surface area contributed by atoms with Gasteiger partial charge in [0.15, 0.2) is 0 Å². The van der Waals surface area contributed by atoms with E-state index in [1.165, 1.54) is 0 Å². The van der Waals surface area contributed by atoms with E-state index in [0.29, 0.717) is 6.61 Å². The monoisotopic (exact) mass is 266 g/mol. The van der Waals surface area contributed by atoms with Crippen molar-refractivity contribution >= 4 is 18.4 Å². The topological polar surface area (TPSA) is 41.6 Å². The van der Waals surface area contributed by atoms with Crippen LogP contribution in [0.25, 0.3) is 0 Å². The van der Waals surface area contributed by atoms with E-state index in [1.807, 2.05) is 13.8 Å². The average molecular weight is 267 g/mol. The van der Waals surface area contributed by atoms with Gasteiger partial charge in [0, 0.05) is 13.1 Å². The Morgan fingerprint density at radius 1 is 1.29 bits per heavy atom. The third-order valence-electron chi connectivity index (χ3n) is 2.57. The molecule has 0 aliphatic heterocycles. The molecule has 0 spiro atoms. The smallest absolute Gasteiger partial charge is 0.322 e. The van der Waals surface area contributed by atoms with Crippen molar-refractivity contribution in [3.05, 3.63) is 0 Å². The number of halogens is 1. The van der Waals surface area contributed by atoms with Crippen LogP contribution in [-0.4, -0.2) is 49.7 Å². The second-order valence-corrected chi connectivity index (χ2v) is 3.87. The minimum atomic E-state index is -0.206. The lowest BCUT2D eigenvalue weighted by Crippen LogP contribution is -2.40. The molecule has 104 valence electrons. The standard InChI is InChI=1S/C12H26N2O2.ClH/c1-5-10-16-12(15)11(4)13-8-9-14(6-2)7-3;/h11,13H,5-10H2,1-4H3;1H. The number of carbonyl (C=O) groups excluding carboxylic acids is 1. The number of likely N-dealkylation sites (N-methyl/N-ethyl adjacent to an activating group) is 1. The Morgan fingerprint density at radius 3 is 2.35 bits per heavy atom. The molecule has 0 aromatic carbocycles. The van der Waals surface area contributed by atoms with Gasteiger partial charge in [-0.15, -0.1) is 12.4 Å². The summed E-state index contributed by atoms with van der Waals surface area (Å²) in [6.07, 6.45) is 0.873. The maximum absolute atomic E-state index is 11.4. The molecule has 0 saturated heterocycles. The molecule has 0 heterocycles. The maximum Gasteiger partial charge on any atom is 0.322 e. The highest BCUT2D eigenvalue weighted by Crippen LogP contribution is 1.91. The van der Waals surface area contributed by atoms with Crippen LogP contribution in [0.4, 0.5) is 0 Å². The average Bonchev–Trinajstić information content (AvgIpc) is 2.31. The first-order valence-electron chi connectivity index (χ1n) is 6.28. The Morgan fingerprint density at radius 2 is 1.88 bits per heavy atom.